The van der Waals surface area contributed by atoms with E-state index in [-0.39, 0.29) is 30.3 Å². The number of hydrogen-bond acceptors (Lipinski definition) is 4. The first-order chi connectivity index (χ1) is 12.5. The zero-order chi connectivity index (χ0) is 18.1. The lowest BCUT2D eigenvalue weighted by molar-refractivity contribution is -0.174. The minimum Gasteiger partial charge on any atom is -0.464 e. The Kier molecular flexibility index (Phi) is 3.09. The first-order valence-corrected chi connectivity index (χ1v) is 9.12. The van der Waals surface area contributed by atoms with E-state index in [1.54, 1.807) is 0 Å². The molecule has 132 valence electrons. The standard InChI is InChI=1S/C21H20N2O3/c1-3-21(2)15-9-17-18-13(8-12-6-4-5-7-16(12)22-18)10-23(17)19(24)14(15)11-26-20(21)25/h4-9,14-15H,3,10-11H2,1-2H3. The van der Waals surface area contributed by atoms with E-state index in [0.717, 1.165) is 27.9 Å². The normalized spacial score (nSPS) is 29.8. The summed E-state index contributed by atoms with van der Waals surface area (Å²) in [6.07, 6.45) is 2.74. The Labute approximate surface area is 151 Å². The van der Waals surface area contributed by atoms with Crippen LogP contribution in [0.2, 0.25) is 0 Å². The van der Waals surface area contributed by atoms with Crippen molar-refractivity contribution in [2.75, 3.05) is 6.61 Å². The Morgan fingerprint density at radius 1 is 1.31 bits per heavy atom. The molecule has 1 aromatic heterocycles. The van der Waals surface area contributed by atoms with Crippen LogP contribution in [-0.4, -0.2) is 28.4 Å². The van der Waals surface area contributed by atoms with Gasteiger partial charge in [0, 0.05) is 16.9 Å². The van der Waals surface area contributed by atoms with Crippen LogP contribution < -0.4 is 0 Å². The number of nitrogens with zero attached hydrogens (tertiary/aromatic N) is 2. The van der Waals surface area contributed by atoms with Crippen LogP contribution in [0.5, 0.6) is 0 Å². The molecule has 3 atom stereocenters. The second-order valence-electron chi connectivity index (χ2n) is 7.67. The van der Waals surface area contributed by atoms with E-state index in [1.807, 2.05) is 43.0 Å². The van der Waals surface area contributed by atoms with Gasteiger partial charge in [0.1, 0.15) is 6.61 Å². The lowest BCUT2D eigenvalue weighted by Crippen LogP contribution is -2.53. The summed E-state index contributed by atoms with van der Waals surface area (Å²) in [4.78, 5) is 32.2. The molecule has 0 spiro atoms. The zero-order valence-electron chi connectivity index (χ0n) is 14.9. The summed E-state index contributed by atoms with van der Waals surface area (Å²) in [5.74, 6) is -0.609. The average Bonchev–Trinajstić information content (AvgIpc) is 3.01. The molecule has 1 aromatic carbocycles. The number of ether oxygens (including phenoxy) is 1. The Morgan fingerprint density at radius 3 is 2.92 bits per heavy atom. The number of fused-ring (bicyclic) bond motifs is 5. The molecule has 4 heterocycles. The van der Waals surface area contributed by atoms with Gasteiger partial charge in [-0.2, -0.15) is 0 Å². The summed E-state index contributed by atoms with van der Waals surface area (Å²) in [6, 6.07) is 10.1. The largest absolute Gasteiger partial charge is 0.464 e. The molecule has 3 aliphatic rings. The van der Waals surface area contributed by atoms with Crippen LogP contribution in [0.3, 0.4) is 0 Å². The highest BCUT2D eigenvalue weighted by molar-refractivity contribution is 5.96. The highest BCUT2D eigenvalue weighted by Crippen LogP contribution is 2.49. The Hall–Kier alpha value is -2.69. The predicted octanol–water partition coefficient (Wildman–Crippen LogP) is 3.14. The summed E-state index contributed by atoms with van der Waals surface area (Å²) in [5, 5.41) is 1.08. The van der Waals surface area contributed by atoms with Crippen LogP contribution in [0, 0.1) is 17.3 Å². The Balaban J connectivity index is 1.69. The van der Waals surface area contributed by atoms with Gasteiger partial charge < -0.3 is 9.64 Å². The lowest BCUT2D eigenvalue weighted by Gasteiger charge is -2.45. The number of cyclic esters (lactones) is 1. The molecule has 0 aliphatic carbocycles. The molecule has 3 unspecified atom stereocenters. The number of allylic oxidation sites excluding steroid dienone is 1. The van der Waals surface area contributed by atoms with Gasteiger partial charge in [-0.25, -0.2) is 4.98 Å². The van der Waals surface area contributed by atoms with Gasteiger partial charge in [0.2, 0.25) is 5.91 Å². The molecular formula is C21H20N2O3. The van der Waals surface area contributed by atoms with Crippen molar-refractivity contribution in [2.24, 2.45) is 17.3 Å². The van der Waals surface area contributed by atoms with Gasteiger partial charge in [-0.1, -0.05) is 31.2 Å². The van der Waals surface area contributed by atoms with Gasteiger partial charge in [0.25, 0.3) is 0 Å². The van der Waals surface area contributed by atoms with E-state index >= 15 is 0 Å². The maximum absolute atomic E-state index is 13.2. The van der Waals surface area contributed by atoms with Gasteiger partial charge in [-0.3, -0.25) is 9.59 Å². The first kappa shape index (κ1) is 15.6. The molecule has 0 bridgehead atoms. The molecule has 0 radical (unpaired) electrons. The van der Waals surface area contributed by atoms with E-state index in [1.165, 1.54) is 0 Å². The molecule has 2 aromatic rings. The summed E-state index contributed by atoms with van der Waals surface area (Å²) < 4.78 is 5.38. The third-order valence-electron chi connectivity index (χ3n) is 6.35. The molecule has 1 saturated heterocycles. The number of hydrogen-bond donors (Lipinski definition) is 0. The molecule has 26 heavy (non-hydrogen) atoms. The second kappa shape index (κ2) is 5.16. The summed E-state index contributed by atoms with van der Waals surface area (Å²) in [5.41, 5.74) is 3.04. The smallest absolute Gasteiger partial charge is 0.312 e. The van der Waals surface area contributed by atoms with E-state index in [4.69, 9.17) is 9.72 Å². The fourth-order valence-corrected chi connectivity index (χ4v) is 4.54. The maximum Gasteiger partial charge on any atom is 0.312 e. The SMILES string of the molecule is CCC1(C)C(=O)OCC2C(=O)N3Cc4cc5ccccc5nc4C3=CC21. The quantitative estimate of drug-likeness (QED) is 0.743. The van der Waals surface area contributed by atoms with Gasteiger partial charge in [-0.05, 0) is 25.5 Å². The predicted molar refractivity (Wildman–Crippen MR) is 96.6 cm³/mol. The number of carbonyl (C=O) groups excluding carboxylic acids is 2. The monoisotopic (exact) mass is 348 g/mol. The van der Waals surface area contributed by atoms with Gasteiger partial charge in [-0.15, -0.1) is 0 Å². The minimum atomic E-state index is -0.669. The maximum atomic E-state index is 13.2. The molecular weight excluding hydrogens is 328 g/mol. The third kappa shape index (κ3) is 1.88. The molecule has 0 saturated carbocycles. The van der Waals surface area contributed by atoms with E-state index in [9.17, 15) is 9.59 Å². The number of rotatable bonds is 1. The Morgan fingerprint density at radius 2 is 2.12 bits per heavy atom. The van der Waals surface area contributed by atoms with Crippen molar-refractivity contribution in [2.45, 2.75) is 26.8 Å². The topological polar surface area (TPSA) is 59.5 Å². The molecule has 5 rings (SSSR count). The van der Waals surface area contributed by atoms with Crippen molar-refractivity contribution < 1.29 is 14.3 Å². The fourth-order valence-electron chi connectivity index (χ4n) is 4.54. The van der Waals surface area contributed by atoms with Gasteiger partial charge >= 0.3 is 5.97 Å². The zero-order valence-corrected chi connectivity index (χ0v) is 14.9. The van der Waals surface area contributed by atoms with Crippen molar-refractivity contribution in [3.05, 3.63) is 47.7 Å². The number of benzene rings is 1. The van der Waals surface area contributed by atoms with Crippen LogP contribution in [0.15, 0.2) is 36.4 Å². The molecule has 5 nitrogen and oxygen atoms in total. The van der Waals surface area contributed by atoms with Crippen molar-refractivity contribution in [1.82, 2.24) is 9.88 Å². The summed E-state index contributed by atoms with van der Waals surface area (Å²) in [6.45, 7) is 4.60. The van der Waals surface area contributed by atoms with Crippen LogP contribution in [0.1, 0.15) is 31.5 Å². The minimum absolute atomic E-state index is 0.0433. The fraction of sp³-hybridized carbons (Fsp3) is 0.381. The molecule has 5 heteroatoms. The molecule has 3 aliphatic heterocycles. The highest BCUT2D eigenvalue weighted by Gasteiger charge is 2.54. The number of esters is 1. The molecule has 1 amide bonds. The summed E-state index contributed by atoms with van der Waals surface area (Å²) in [7, 11) is 0. The highest BCUT2D eigenvalue weighted by atomic mass is 16.5. The first-order valence-electron chi connectivity index (χ1n) is 9.12. The van der Waals surface area contributed by atoms with Gasteiger partial charge in [0.15, 0.2) is 0 Å². The van der Waals surface area contributed by atoms with Crippen molar-refractivity contribution in [3.8, 4) is 0 Å². The number of pyridine rings is 1. The van der Waals surface area contributed by atoms with E-state index in [0.29, 0.717) is 13.0 Å². The number of amides is 1. The van der Waals surface area contributed by atoms with Crippen molar-refractivity contribution in [1.29, 1.82) is 0 Å². The van der Waals surface area contributed by atoms with Crippen LogP contribution in [0.25, 0.3) is 16.6 Å². The van der Waals surface area contributed by atoms with E-state index < -0.39 is 5.41 Å². The Bertz CT molecular complexity index is 996. The van der Waals surface area contributed by atoms with Crippen LogP contribution in [0.4, 0.5) is 0 Å². The third-order valence-corrected chi connectivity index (χ3v) is 6.35. The summed E-state index contributed by atoms with van der Waals surface area (Å²) >= 11 is 0. The van der Waals surface area contributed by atoms with Gasteiger partial charge in [0.05, 0.1) is 34.8 Å². The average molecular weight is 348 g/mol. The van der Waals surface area contributed by atoms with E-state index in [2.05, 4.69) is 12.1 Å². The number of carbonyl (C=O) groups is 2. The number of para-hydroxylation sites is 1. The molecule has 0 N–H and O–H groups in total. The van der Waals surface area contributed by atoms with Crippen LogP contribution in [-0.2, 0) is 20.9 Å². The second-order valence-corrected chi connectivity index (χ2v) is 7.67. The van der Waals surface area contributed by atoms with Crippen molar-refractivity contribution >= 4 is 28.5 Å². The molecule has 1 fully saturated rings. The van der Waals surface area contributed by atoms with Crippen molar-refractivity contribution in [3.63, 3.8) is 0 Å². The van der Waals surface area contributed by atoms with Crippen LogP contribution >= 0.6 is 0 Å². The number of aromatic nitrogens is 1. The lowest BCUT2D eigenvalue weighted by atomic mass is 9.65.